The van der Waals surface area contributed by atoms with Crippen molar-refractivity contribution in [3.05, 3.63) is 69.9 Å². The van der Waals surface area contributed by atoms with Crippen LogP contribution in [0.25, 0.3) is 0 Å². The molecule has 5 nitrogen and oxygen atoms in total. The van der Waals surface area contributed by atoms with E-state index in [1.807, 2.05) is 23.6 Å². The Bertz CT molecular complexity index is 953. The first kappa shape index (κ1) is 15.0. The normalized spacial score (nSPS) is 12.6. The van der Waals surface area contributed by atoms with Gasteiger partial charge in [0, 0.05) is 36.0 Å². The summed E-state index contributed by atoms with van der Waals surface area (Å²) in [6, 6.07) is 7.44. The minimum atomic E-state index is -0.215. The second-order valence-electron chi connectivity index (χ2n) is 5.20. The first-order valence-electron chi connectivity index (χ1n) is 7.22. The highest BCUT2D eigenvalue weighted by atomic mass is 35.5. The van der Waals surface area contributed by atoms with E-state index in [-0.39, 0.29) is 5.91 Å². The zero-order valence-corrected chi connectivity index (χ0v) is 13.9. The van der Waals surface area contributed by atoms with Crippen LogP contribution in [0.1, 0.15) is 21.5 Å². The number of amides is 1. The molecule has 3 aromatic rings. The van der Waals surface area contributed by atoms with Gasteiger partial charge in [-0.2, -0.15) is 0 Å². The van der Waals surface area contributed by atoms with Crippen molar-refractivity contribution in [3.8, 4) is 0 Å². The molecule has 1 aliphatic heterocycles. The molecule has 1 N–H and O–H groups in total. The monoisotopic (exact) mass is 354 g/mol. The zero-order valence-electron chi connectivity index (χ0n) is 12.4. The fourth-order valence-corrected chi connectivity index (χ4v) is 3.37. The van der Waals surface area contributed by atoms with Crippen LogP contribution >= 0.6 is 22.9 Å². The molecule has 0 fully saturated rings. The number of aliphatic imine (C=N–C) groups is 1. The van der Waals surface area contributed by atoms with Crippen molar-refractivity contribution in [3.63, 3.8) is 0 Å². The van der Waals surface area contributed by atoms with Crippen molar-refractivity contribution in [2.75, 3.05) is 5.32 Å². The van der Waals surface area contributed by atoms with Crippen LogP contribution in [0.15, 0.2) is 53.2 Å². The highest BCUT2D eigenvalue weighted by Gasteiger charge is 2.23. The molecule has 0 saturated heterocycles. The number of anilines is 1. The third-order valence-corrected chi connectivity index (χ3v) is 4.69. The zero-order chi connectivity index (χ0) is 16.5. The lowest BCUT2D eigenvalue weighted by Gasteiger charge is -2.05. The summed E-state index contributed by atoms with van der Waals surface area (Å²) in [4.78, 5) is 25.3. The van der Waals surface area contributed by atoms with Gasteiger partial charge in [0.1, 0.15) is 0 Å². The average molecular weight is 355 g/mol. The summed E-state index contributed by atoms with van der Waals surface area (Å²) < 4.78 is 0. The molecule has 0 radical (unpaired) electrons. The van der Waals surface area contributed by atoms with Crippen LogP contribution in [-0.2, 0) is 6.42 Å². The Balaban J connectivity index is 1.70. The number of nitrogens with one attached hydrogen (secondary N) is 1. The maximum Gasteiger partial charge on any atom is 0.259 e. The Hall–Kier alpha value is -2.57. The molecule has 0 bridgehead atoms. The van der Waals surface area contributed by atoms with Crippen molar-refractivity contribution >= 4 is 45.4 Å². The van der Waals surface area contributed by atoms with Gasteiger partial charge in [-0.15, -0.1) is 11.3 Å². The van der Waals surface area contributed by atoms with Gasteiger partial charge >= 0.3 is 0 Å². The van der Waals surface area contributed by atoms with Gasteiger partial charge in [-0.3, -0.25) is 20.1 Å². The molecular formula is C17H11ClN4OS. The fraction of sp³-hybridized carbons (Fsp3) is 0.0588. The van der Waals surface area contributed by atoms with Gasteiger partial charge in [-0.1, -0.05) is 23.7 Å². The molecule has 0 saturated carbocycles. The summed E-state index contributed by atoms with van der Waals surface area (Å²) >= 11 is 7.59. The summed E-state index contributed by atoms with van der Waals surface area (Å²) in [5, 5.41) is 5.73. The highest BCUT2D eigenvalue weighted by Crippen LogP contribution is 2.34. The van der Waals surface area contributed by atoms with Crippen LogP contribution in [-0.4, -0.2) is 21.6 Å². The van der Waals surface area contributed by atoms with Gasteiger partial charge < -0.3 is 0 Å². The maximum atomic E-state index is 12.5. The third kappa shape index (κ3) is 2.70. The van der Waals surface area contributed by atoms with Gasteiger partial charge in [0.2, 0.25) is 0 Å². The molecule has 0 unspecified atom stereocenters. The Kier molecular flexibility index (Phi) is 3.84. The minimum absolute atomic E-state index is 0.215. The number of carbonyl (C=O) groups is 1. The smallest absolute Gasteiger partial charge is 0.259 e. The van der Waals surface area contributed by atoms with E-state index in [1.54, 1.807) is 24.7 Å². The van der Waals surface area contributed by atoms with Gasteiger partial charge in [0.15, 0.2) is 5.13 Å². The first-order valence-corrected chi connectivity index (χ1v) is 8.48. The molecule has 0 spiro atoms. The first-order chi connectivity index (χ1) is 11.7. The predicted molar refractivity (Wildman–Crippen MR) is 95.7 cm³/mol. The molecule has 2 aromatic heterocycles. The largest absolute Gasteiger partial charge is 0.298 e. The number of nitrogens with zero attached hydrogens (tertiary/aromatic N) is 3. The Morgan fingerprint density at radius 1 is 1.25 bits per heavy atom. The summed E-state index contributed by atoms with van der Waals surface area (Å²) in [5.74, 6) is -0.215. The van der Waals surface area contributed by atoms with E-state index in [1.165, 1.54) is 11.3 Å². The van der Waals surface area contributed by atoms with Crippen LogP contribution in [0.4, 0.5) is 10.8 Å². The van der Waals surface area contributed by atoms with E-state index in [2.05, 4.69) is 20.3 Å². The number of hydrogen-bond acceptors (Lipinski definition) is 5. The number of carbonyl (C=O) groups excluding carboxylic acids is 1. The molecular weight excluding hydrogens is 344 g/mol. The maximum absolute atomic E-state index is 12.5. The van der Waals surface area contributed by atoms with Crippen molar-refractivity contribution < 1.29 is 4.79 Å². The topological polar surface area (TPSA) is 67.2 Å². The number of para-hydroxylation sites is 1. The van der Waals surface area contributed by atoms with Gasteiger partial charge in [0.05, 0.1) is 22.0 Å². The highest BCUT2D eigenvalue weighted by molar-refractivity contribution is 7.13. The van der Waals surface area contributed by atoms with Crippen molar-refractivity contribution in [1.29, 1.82) is 0 Å². The Labute approximate surface area is 147 Å². The van der Waals surface area contributed by atoms with Crippen LogP contribution in [0.5, 0.6) is 0 Å². The van der Waals surface area contributed by atoms with Crippen LogP contribution in [0.2, 0.25) is 5.02 Å². The van der Waals surface area contributed by atoms with Crippen molar-refractivity contribution in [2.24, 2.45) is 4.99 Å². The molecule has 1 aromatic carbocycles. The number of pyridine rings is 1. The molecule has 24 heavy (non-hydrogen) atoms. The molecule has 4 rings (SSSR count). The molecule has 0 atom stereocenters. The van der Waals surface area contributed by atoms with E-state index < -0.39 is 0 Å². The lowest BCUT2D eigenvalue weighted by atomic mass is 10.0. The molecule has 3 heterocycles. The van der Waals surface area contributed by atoms with Gasteiger partial charge in [-0.25, -0.2) is 4.98 Å². The second-order valence-corrected chi connectivity index (χ2v) is 6.50. The number of hydrogen-bond donors (Lipinski definition) is 1. The van der Waals surface area contributed by atoms with E-state index in [0.29, 0.717) is 27.8 Å². The van der Waals surface area contributed by atoms with E-state index in [9.17, 15) is 4.79 Å². The number of aromatic nitrogens is 2. The quantitative estimate of drug-likeness (QED) is 0.769. The van der Waals surface area contributed by atoms with Gasteiger partial charge in [0.25, 0.3) is 5.91 Å². The SMILES string of the molecule is O=C(Nc1nccs1)c1cccc2c1N=C(c1ccncc1Cl)C2. The summed E-state index contributed by atoms with van der Waals surface area (Å²) in [5.41, 5.74) is 3.91. The van der Waals surface area contributed by atoms with Crippen LogP contribution < -0.4 is 5.32 Å². The van der Waals surface area contributed by atoms with Crippen molar-refractivity contribution in [2.45, 2.75) is 6.42 Å². The van der Waals surface area contributed by atoms with Gasteiger partial charge in [-0.05, 0) is 17.7 Å². The fourth-order valence-electron chi connectivity index (χ4n) is 2.62. The standard InChI is InChI=1S/C17H11ClN4OS/c18-13-9-19-5-4-11(13)14-8-10-2-1-3-12(15(10)21-14)16(23)22-17-20-6-7-24-17/h1-7,9H,8H2,(H,20,22,23). The Morgan fingerprint density at radius 3 is 2.96 bits per heavy atom. The van der Waals surface area contributed by atoms with E-state index in [4.69, 9.17) is 11.6 Å². The van der Waals surface area contributed by atoms with Crippen LogP contribution in [0.3, 0.4) is 0 Å². The van der Waals surface area contributed by atoms with E-state index >= 15 is 0 Å². The number of halogens is 1. The van der Waals surface area contributed by atoms with Crippen LogP contribution in [0, 0.1) is 0 Å². The molecule has 118 valence electrons. The molecule has 1 aliphatic rings. The average Bonchev–Trinajstić information content (AvgIpc) is 3.23. The number of rotatable bonds is 3. The second kappa shape index (κ2) is 6.14. The third-order valence-electron chi connectivity index (χ3n) is 3.71. The number of thiazole rings is 1. The molecule has 0 aliphatic carbocycles. The number of fused-ring (bicyclic) bond motifs is 1. The summed E-state index contributed by atoms with van der Waals surface area (Å²) in [6.07, 6.45) is 5.57. The van der Waals surface area contributed by atoms with Crippen molar-refractivity contribution in [1.82, 2.24) is 9.97 Å². The lowest BCUT2D eigenvalue weighted by molar-refractivity contribution is 0.102. The van der Waals surface area contributed by atoms with E-state index in [0.717, 1.165) is 16.8 Å². The number of benzene rings is 1. The molecule has 7 heteroatoms. The summed E-state index contributed by atoms with van der Waals surface area (Å²) in [6.45, 7) is 0. The Morgan fingerprint density at radius 2 is 2.17 bits per heavy atom. The molecule has 1 amide bonds. The predicted octanol–water partition coefficient (Wildman–Crippen LogP) is 4.12. The minimum Gasteiger partial charge on any atom is -0.298 e. The summed E-state index contributed by atoms with van der Waals surface area (Å²) in [7, 11) is 0. The lowest BCUT2D eigenvalue weighted by Crippen LogP contribution is -2.11.